The Labute approximate surface area is 146 Å². The van der Waals surface area contributed by atoms with Gasteiger partial charge in [-0.1, -0.05) is 43.3 Å². The highest BCUT2D eigenvalue weighted by Crippen LogP contribution is 2.32. The molecule has 0 unspecified atom stereocenters. The molecule has 2 N–H and O–H groups in total. The number of amides is 1. The molecule has 0 saturated carbocycles. The van der Waals surface area contributed by atoms with Gasteiger partial charge in [0.25, 0.3) is 5.91 Å². The summed E-state index contributed by atoms with van der Waals surface area (Å²) in [6.07, 6.45) is 0. The monoisotopic (exact) mass is 341 g/mol. The van der Waals surface area contributed by atoms with Crippen molar-refractivity contribution in [2.45, 2.75) is 13.8 Å². The van der Waals surface area contributed by atoms with Crippen molar-refractivity contribution in [3.05, 3.63) is 47.7 Å². The van der Waals surface area contributed by atoms with Crippen molar-refractivity contribution >= 4 is 27.6 Å². The zero-order chi connectivity index (χ0) is 18.2. The molecule has 0 aliphatic rings. The van der Waals surface area contributed by atoms with Gasteiger partial charge < -0.3 is 19.5 Å². The highest BCUT2D eigenvalue weighted by molar-refractivity contribution is 6.08. The molecule has 5 heteroatoms. The molecule has 0 aliphatic carbocycles. The van der Waals surface area contributed by atoms with E-state index in [2.05, 4.69) is 0 Å². The van der Waals surface area contributed by atoms with Gasteiger partial charge >= 0.3 is 0 Å². The molecule has 0 fully saturated rings. The van der Waals surface area contributed by atoms with Crippen LogP contribution in [0.4, 0.5) is 0 Å². The number of carbonyl (C=O) groups is 1. The number of rotatable bonds is 5. The van der Waals surface area contributed by atoms with Crippen molar-refractivity contribution < 1.29 is 19.4 Å². The molecule has 2 aromatic carbocycles. The van der Waals surface area contributed by atoms with E-state index in [0.717, 1.165) is 21.7 Å². The maximum Gasteiger partial charge on any atom is 0.289 e. The Morgan fingerprint density at radius 2 is 1.80 bits per heavy atom. The third kappa shape index (κ3) is 3.01. The average Bonchev–Trinajstić information content (AvgIpc) is 2.98. The number of aryl methyl sites for hydroxylation is 1. The van der Waals surface area contributed by atoms with E-state index in [0.29, 0.717) is 11.3 Å². The number of hydrogen-bond acceptors (Lipinski definition) is 4. The number of fused-ring (bicyclic) bond motifs is 3. The Bertz CT molecular complexity index is 924. The van der Waals surface area contributed by atoms with Crippen LogP contribution in [0.5, 0.6) is 0 Å². The lowest BCUT2D eigenvalue weighted by Gasteiger charge is -2.30. The lowest BCUT2D eigenvalue weighted by molar-refractivity contribution is 0.0352. The number of aliphatic hydroxyl groups excluding tert-OH is 2. The summed E-state index contributed by atoms with van der Waals surface area (Å²) in [7, 11) is 1.65. The second-order valence-electron chi connectivity index (χ2n) is 7.01. The van der Waals surface area contributed by atoms with Gasteiger partial charge in [-0.05, 0) is 12.3 Å². The first-order chi connectivity index (χ1) is 11.9. The number of furan rings is 1. The molecule has 0 radical (unpaired) electrons. The quantitative estimate of drug-likeness (QED) is 0.748. The van der Waals surface area contributed by atoms with Crippen LogP contribution in [0.2, 0.25) is 0 Å². The molecule has 0 atom stereocenters. The number of benzene rings is 2. The van der Waals surface area contributed by atoms with E-state index in [1.807, 2.05) is 43.3 Å². The molecule has 0 saturated heterocycles. The van der Waals surface area contributed by atoms with E-state index in [9.17, 15) is 15.0 Å². The predicted octanol–water partition coefficient (Wildman–Crippen LogP) is 2.96. The number of nitrogens with zero attached hydrogens (tertiary/aromatic N) is 1. The van der Waals surface area contributed by atoms with Gasteiger partial charge in [0.1, 0.15) is 5.58 Å². The molecule has 0 bridgehead atoms. The SMILES string of the molecule is Cc1c(C(=O)N(C)CC(C)(CO)CO)oc2c1ccc1ccccc12. The van der Waals surface area contributed by atoms with Crippen molar-refractivity contribution in [1.82, 2.24) is 4.90 Å². The van der Waals surface area contributed by atoms with Crippen molar-refractivity contribution in [1.29, 1.82) is 0 Å². The van der Waals surface area contributed by atoms with E-state index >= 15 is 0 Å². The Balaban J connectivity index is 2.02. The van der Waals surface area contributed by atoms with E-state index in [-0.39, 0.29) is 25.7 Å². The molecule has 3 aromatic rings. The van der Waals surface area contributed by atoms with Gasteiger partial charge in [0.15, 0.2) is 5.76 Å². The molecule has 1 aromatic heterocycles. The highest BCUT2D eigenvalue weighted by Gasteiger charge is 2.29. The summed E-state index contributed by atoms with van der Waals surface area (Å²) in [5, 5.41) is 21.9. The fourth-order valence-electron chi connectivity index (χ4n) is 3.12. The van der Waals surface area contributed by atoms with Gasteiger partial charge in [-0.15, -0.1) is 0 Å². The number of aliphatic hydroxyl groups is 2. The molecular formula is C20H23NO4. The van der Waals surface area contributed by atoms with Crippen LogP contribution in [0.25, 0.3) is 21.7 Å². The summed E-state index contributed by atoms with van der Waals surface area (Å²) in [5.74, 6) is 0.0398. The first-order valence-electron chi connectivity index (χ1n) is 8.28. The van der Waals surface area contributed by atoms with E-state index in [1.54, 1.807) is 14.0 Å². The van der Waals surface area contributed by atoms with Gasteiger partial charge in [-0.3, -0.25) is 4.79 Å². The molecule has 1 heterocycles. The second-order valence-corrected chi connectivity index (χ2v) is 7.01. The van der Waals surface area contributed by atoms with Crippen LogP contribution in [-0.4, -0.2) is 47.8 Å². The van der Waals surface area contributed by atoms with E-state index in [4.69, 9.17) is 4.42 Å². The largest absolute Gasteiger partial charge is 0.450 e. The Kier molecular flexibility index (Phi) is 4.54. The summed E-state index contributed by atoms with van der Waals surface area (Å²) in [5.41, 5.74) is 0.753. The van der Waals surface area contributed by atoms with Crippen LogP contribution < -0.4 is 0 Å². The molecule has 132 valence electrons. The molecule has 25 heavy (non-hydrogen) atoms. The van der Waals surface area contributed by atoms with Gasteiger partial charge in [-0.25, -0.2) is 0 Å². The van der Waals surface area contributed by atoms with Crippen molar-refractivity contribution in [2.75, 3.05) is 26.8 Å². The third-order valence-electron chi connectivity index (χ3n) is 4.75. The first-order valence-corrected chi connectivity index (χ1v) is 8.28. The molecule has 3 rings (SSSR count). The van der Waals surface area contributed by atoms with Crippen molar-refractivity contribution in [2.24, 2.45) is 5.41 Å². The molecule has 5 nitrogen and oxygen atoms in total. The summed E-state index contributed by atoms with van der Waals surface area (Å²) in [4.78, 5) is 14.3. The zero-order valence-electron chi connectivity index (χ0n) is 14.7. The normalized spacial score (nSPS) is 12.0. The minimum Gasteiger partial charge on any atom is -0.450 e. The summed E-state index contributed by atoms with van der Waals surface area (Å²) >= 11 is 0. The molecule has 0 spiro atoms. The maximum absolute atomic E-state index is 12.8. The summed E-state index contributed by atoms with van der Waals surface area (Å²) in [6, 6.07) is 11.9. The lowest BCUT2D eigenvalue weighted by atomic mass is 9.92. The standard InChI is InChI=1S/C20H23NO4/c1-13-15-9-8-14-6-4-5-7-16(14)18(15)25-17(13)19(24)21(3)10-20(2,11-22)12-23/h4-9,22-23H,10-12H2,1-3H3. The topological polar surface area (TPSA) is 73.9 Å². The molecule has 1 amide bonds. The lowest BCUT2D eigenvalue weighted by Crippen LogP contribution is -2.41. The minimum absolute atomic E-state index is 0.204. The smallest absolute Gasteiger partial charge is 0.289 e. The van der Waals surface area contributed by atoms with E-state index < -0.39 is 5.41 Å². The zero-order valence-corrected chi connectivity index (χ0v) is 14.7. The first kappa shape index (κ1) is 17.5. The van der Waals surface area contributed by atoms with Crippen LogP contribution in [-0.2, 0) is 0 Å². The summed E-state index contributed by atoms with van der Waals surface area (Å²) < 4.78 is 5.96. The maximum atomic E-state index is 12.8. The average molecular weight is 341 g/mol. The fraction of sp³-hybridized carbons (Fsp3) is 0.350. The van der Waals surface area contributed by atoms with Gasteiger partial charge in [-0.2, -0.15) is 0 Å². The minimum atomic E-state index is -0.753. The second kappa shape index (κ2) is 6.50. The molecular weight excluding hydrogens is 318 g/mol. The van der Waals surface area contributed by atoms with Crippen LogP contribution in [0.15, 0.2) is 40.8 Å². The van der Waals surface area contributed by atoms with Crippen molar-refractivity contribution in [3.63, 3.8) is 0 Å². The van der Waals surface area contributed by atoms with Crippen LogP contribution in [0.3, 0.4) is 0 Å². The number of carbonyl (C=O) groups excluding carboxylic acids is 1. The molecule has 0 aliphatic heterocycles. The Morgan fingerprint density at radius 3 is 2.48 bits per heavy atom. The fourth-order valence-corrected chi connectivity index (χ4v) is 3.12. The van der Waals surface area contributed by atoms with Crippen molar-refractivity contribution in [3.8, 4) is 0 Å². The third-order valence-corrected chi connectivity index (χ3v) is 4.75. The predicted molar refractivity (Wildman–Crippen MR) is 97.7 cm³/mol. The van der Waals surface area contributed by atoms with Crippen LogP contribution in [0.1, 0.15) is 23.0 Å². The van der Waals surface area contributed by atoms with Crippen LogP contribution in [0, 0.1) is 12.3 Å². The highest BCUT2D eigenvalue weighted by atomic mass is 16.3. The van der Waals surface area contributed by atoms with Gasteiger partial charge in [0, 0.05) is 35.3 Å². The Morgan fingerprint density at radius 1 is 1.12 bits per heavy atom. The number of hydrogen-bond donors (Lipinski definition) is 2. The van der Waals surface area contributed by atoms with Crippen LogP contribution >= 0.6 is 0 Å². The Hall–Kier alpha value is -2.37. The van der Waals surface area contributed by atoms with Gasteiger partial charge in [0.2, 0.25) is 0 Å². The van der Waals surface area contributed by atoms with Gasteiger partial charge in [0.05, 0.1) is 13.2 Å². The summed E-state index contributed by atoms with van der Waals surface area (Å²) in [6.45, 7) is 3.43. The van der Waals surface area contributed by atoms with E-state index in [1.165, 1.54) is 4.90 Å².